The minimum absolute atomic E-state index is 0.319. The Morgan fingerprint density at radius 1 is 0.947 bits per heavy atom. The number of hydrogen-bond donors (Lipinski definition) is 0. The topological polar surface area (TPSA) is 0 Å². The van der Waals surface area contributed by atoms with Crippen molar-refractivity contribution in [2.75, 3.05) is 12.6 Å². The van der Waals surface area contributed by atoms with Gasteiger partial charge in [0.1, 0.15) is 5.30 Å². The van der Waals surface area contributed by atoms with Crippen molar-refractivity contribution in [1.82, 2.24) is 0 Å². The second-order valence-electron chi connectivity index (χ2n) is 4.40. The average molecular weight is 299 g/mol. The SMILES string of the molecule is CCCCCC[PH+](CF)c1cc(F)c(F)c(F)c1F. The Balaban J connectivity index is 2.86. The molecule has 1 atom stereocenters. The summed E-state index contributed by atoms with van der Waals surface area (Å²) in [6, 6.07) is 0.599. The smallest absolute Gasteiger partial charge is 0.203 e. The number of benzene rings is 1. The van der Waals surface area contributed by atoms with Crippen LogP contribution in [0.15, 0.2) is 6.07 Å². The van der Waals surface area contributed by atoms with E-state index in [9.17, 15) is 22.0 Å². The molecule has 19 heavy (non-hydrogen) atoms. The monoisotopic (exact) mass is 299 g/mol. The summed E-state index contributed by atoms with van der Waals surface area (Å²) in [7, 11) is -2.02. The number of halogens is 5. The van der Waals surface area contributed by atoms with Gasteiger partial charge in [0.15, 0.2) is 18.1 Å². The molecule has 1 aromatic carbocycles. The normalized spacial score (nSPS) is 12.7. The Morgan fingerprint density at radius 3 is 2.21 bits per heavy atom. The molecule has 0 aliphatic heterocycles. The van der Waals surface area contributed by atoms with Crippen molar-refractivity contribution >= 4 is 13.2 Å². The molecule has 0 saturated carbocycles. The van der Waals surface area contributed by atoms with Gasteiger partial charge in [-0.2, -0.15) is 4.39 Å². The van der Waals surface area contributed by atoms with E-state index in [1.165, 1.54) is 0 Å². The first-order valence-corrected chi connectivity index (χ1v) is 8.18. The van der Waals surface area contributed by atoms with E-state index in [1.807, 2.05) is 6.92 Å². The van der Waals surface area contributed by atoms with Crippen molar-refractivity contribution in [3.8, 4) is 0 Å². The van der Waals surface area contributed by atoms with Crippen LogP contribution in [-0.2, 0) is 0 Å². The zero-order valence-corrected chi connectivity index (χ0v) is 11.7. The van der Waals surface area contributed by atoms with Crippen molar-refractivity contribution in [3.05, 3.63) is 29.3 Å². The van der Waals surface area contributed by atoms with Gasteiger partial charge in [0, 0.05) is 6.07 Å². The molecule has 0 nitrogen and oxygen atoms in total. The van der Waals surface area contributed by atoms with Crippen LogP contribution in [0.25, 0.3) is 0 Å². The molecule has 0 saturated heterocycles. The highest BCUT2D eigenvalue weighted by molar-refractivity contribution is 7.65. The van der Waals surface area contributed by atoms with Crippen molar-refractivity contribution in [3.63, 3.8) is 0 Å². The molecule has 1 rings (SSSR count). The van der Waals surface area contributed by atoms with Gasteiger partial charge in [-0.25, -0.2) is 17.6 Å². The summed E-state index contributed by atoms with van der Waals surface area (Å²) in [5, 5.41) is -0.319. The average Bonchev–Trinajstić information content (AvgIpc) is 2.41. The number of rotatable bonds is 7. The first kappa shape index (κ1) is 16.4. The first-order valence-electron chi connectivity index (χ1n) is 6.26. The van der Waals surface area contributed by atoms with E-state index in [1.54, 1.807) is 0 Å². The molecule has 0 heterocycles. The van der Waals surface area contributed by atoms with Gasteiger partial charge in [-0.3, -0.25) is 0 Å². The summed E-state index contributed by atoms with van der Waals surface area (Å²) in [5.41, 5.74) is 0. The highest BCUT2D eigenvalue weighted by Crippen LogP contribution is 2.38. The van der Waals surface area contributed by atoms with Crippen molar-refractivity contribution < 1.29 is 22.0 Å². The predicted octanol–water partition coefficient (Wildman–Crippen LogP) is 4.59. The van der Waals surface area contributed by atoms with Gasteiger partial charge < -0.3 is 0 Å². The molecule has 0 radical (unpaired) electrons. The molecule has 0 amide bonds. The number of alkyl halides is 1. The van der Waals surface area contributed by atoms with E-state index >= 15 is 0 Å². The largest absolute Gasteiger partial charge is 0.206 e. The molecule has 0 spiro atoms. The van der Waals surface area contributed by atoms with Crippen LogP contribution < -0.4 is 5.30 Å². The van der Waals surface area contributed by atoms with Gasteiger partial charge in [-0.05, 0) is 12.8 Å². The Hall–Kier alpha value is -0.700. The minimum Gasteiger partial charge on any atom is -0.206 e. The summed E-state index contributed by atoms with van der Waals surface area (Å²) in [4.78, 5) is 0. The molecular formula is C13H17F5P+. The molecule has 0 aliphatic carbocycles. The van der Waals surface area contributed by atoms with Gasteiger partial charge in [0.25, 0.3) is 0 Å². The second kappa shape index (κ2) is 7.78. The van der Waals surface area contributed by atoms with E-state index in [4.69, 9.17) is 0 Å². The lowest BCUT2D eigenvalue weighted by Crippen LogP contribution is -2.15. The van der Waals surface area contributed by atoms with Gasteiger partial charge in [0.05, 0.1) is 14.1 Å². The van der Waals surface area contributed by atoms with E-state index in [-0.39, 0.29) is 5.30 Å². The lowest BCUT2D eigenvalue weighted by Gasteiger charge is -2.09. The highest BCUT2D eigenvalue weighted by atomic mass is 31.1. The minimum atomic E-state index is -2.02. The molecule has 0 bridgehead atoms. The first-order chi connectivity index (χ1) is 9.02. The van der Waals surface area contributed by atoms with Gasteiger partial charge >= 0.3 is 0 Å². The zero-order chi connectivity index (χ0) is 14.4. The Kier molecular flexibility index (Phi) is 6.70. The molecule has 1 unspecified atom stereocenters. The van der Waals surface area contributed by atoms with Crippen LogP contribution >= 0.6 is 7.92 Å². The van der Waals surface area contributed by atoms with E-state index in [0.717, 1.165) is 19.3 Å². The fourth-order valence-electron chi connectivity index (χ4n) is 1.87. The van der Waals surface area contributed by atoms with Crippen LogP contribution in [0.5, 0.6) is 0 Å². The molecule has 1 aromatic rings. The van der Waals surface area contributed by atoms with Gasteiger partial charge in [-0.1, -0.05) is 19.8 Å². The molecule has 108 valence electrons. The maximum Gasteiger partial charge on any atom is 0.203 e. The van der Waals surface area contributed by atoms with Gasteiger partial charge in [-0.15, -0.1) is 0 Å². The van der Waals surface area contributed by atoms with Crippen LogP contribution in [0.3, 0.4) is 0 Å². The molecule has 0 fully saturated rings. The number of hydrogen-bond acceptors (Lipinski definition) is 0. The zero-order valence-electron chi connectivity index (χ0n) is 10.7. The van der Waals surface area contributed by atoms with Crippen LogP contribution in [0, 0.1) is 23.3 Å². The van der Waals surface area contributed by atoms with Crippen molar-refractivity contribution in [2.45, 2.75) is 32.6 Å². The molecule has 0 aromatic heterocycles. The van der Waals surface area contributed by atoms with E-state index in [0.29, 0.717) is 18.6 Å². The fraction of sp³-hybridized carbons (Fsp3) is 0.538. The predicted molar refractivity (Wildman–Crippen MR) is 69.2 cm³/mol. The maximum absolute atomic E-state index is 13.5. The molecule has 0 aliphatic rings. The maximum atomic E-state index is 13.5. The summed E-state index contributed by atoms with van der Waals surface area (Å²) < 4.78 is 65.5. The third kappa shape index (κ3) is 4.13. The van der Waals surface area contributed by atoms with E-state index < -0.39 is 37.6 Å². The molecule has 0 N–H and O–H groups in total. The summed E-state index contributed by atoms with van der Waals surface area (Å²) in [5.74, 6) is -6.59. The van der Waals surface area contributed by atoms with Crippen LogP contribution in [0.4, 0.5) is 22.0 Å². The Morgan fingerprint density at radius 2 is 1.63 bits per heavy atom. The summed E-state index contributed by atoms with van der Waals surface area (Å²) in [6.07, 6.45) is 3.12. The number of unbranched alkanes of at least 4 members (excludes halogenated alkanes) is 3. The summed E-state index contributed by atoms with van der Waals surface area (Å²) >= 11 is 0. The third-order valence-electron chi connectivity index (χ3n) is 2.98. The fourth-order valence-corrected chi connectivity index (χ4v) is 3.84. The third-order valence-corrected chi connectivity index (χ3v) is 5.38. The van der Waals surface area contributed by atoms with E-state index in [2.05, 4.69) is 0 Å². The lowest BCUT2D eigenvalue weighted by molar-refractivity contribution is 0.412. The van der Waals surface area contributed by atoms with Crippen LogP contribution in [-0.4, -0.2) is 12.6 Å². The van der Waals surface area contributed by atoms with Gasteiger partial charge in [0.2, 0.25) is 11.6 Å². The molecular weight excluding hydrogens is 282 g/mol. The quantitative estimate of drug-likeness (QED) is 0.227. The second-order valence-corrected chi connectivity index (χ2v) is 6.91. The molecule has 6 heteroatoms. The summed E-state index contributed by atoms with van der Waals surface area (Å²) in [6.45, 7) is 2.02. The van der Waals surface area contributed by atoms with Crippen molar-refractivity contribution in [1.29, 1.82) is 0 Å². The van der Waals surface area contributed by atoms with Crippen LogP contribution in [0.1, 0.15) is 32.6 Å². The highest BCUT2D eigenvalue weighted by Gasteiger charge is 2.29. The van der Waals surface area contributed by atoms with Crippen molar-refractivity contribution in [2.24, 2.45) is 0 Å². The Labute approximate surface area is 110 Å². The lowest BCUT2D eigenvalue weighted by atomic mass is 10.2. The van der Waals surface area contributed by atoms with Crippen LogP contribution in [0.2, 0.25) is 0 Å². The Bertz CT molecular complexity index is 422. The standard InChI is InChI=1S/C13H16F5P/c1-2-3-4-5-6-19(8-14)10-7-9(15)11(16)13(18)12(10)17/h7H,2-6,8H2,1H3/p+1.